The maximum atomic E-state index is 11.3. The van der Waals surface area contributed by atoms with Crippen LogP contribution in [0.2, 0.25) is 0 Å². The van der Waals surface area contributed by atoms with Crippen molar-refractivity contribution in [2.24, 2.45) is 0 Å². The van der Waals surface area contributed by atoms with E-state index < -0.39 is 14.8 Å². The number of aromatic nitrogens is 2. The first-order valence-corrected chi connectivity index (χ1v) is 6.58. The zero-order valence-corrected chi connectivity index (χ0v) is 9.87. The fourth-order valence-electron chi connectivity index (χ4n) is 1.25. The molecular weight excluding hydrogens is 234 g/mol. The van der Waals surface area contributed by atoms with Crippen molar-refractivity contribution in [2.75, 3.05) is 11.5 Å². The molecule has 1 N–H and O–H groups in total. The molecule has 1 aromatic heterocycles. The highest BCUT2D eigenvalue weighted by molar-refractivity contribution is 7.91. The van der Waals surface area contributed by atoms with Crippen LogP contribution in [0, 0.1) is 17.0 Å². The van der Waals surface area contributed by atoms with Gasteiger partial charge in [-0.15, -0.1) is 0 Å². The molecule has 1 heterocycles. The summed E-state index contributed by atoms with van der Waals surface area (Å²) >= 11 is 0. The number of H-pyrrole nitrogens is 1. The Hall–Kier alpha value is -1.44. The average molecular weight is 247 g/mol. The van der Waals surface area contributed by atoms with Crippen LogP contribution in [0.4, 0.5) is 5.82 Å². The van der Waals surface area contributed by atoms with E-state index in [2.05, 4.69) is 9.97 Å². The SMILES string of the molecule is CCS(=O)(=O)CCc1nc(C)[nH]c1[N+](=O)[O-]. The zero-order chi connectivity index (χ0) is 12.3. The third kappa shape index (κ3) is 3.02. The molecule has 7 nitrogen and oxygen atoms in total. The molecule has 1 rings (SSSR count). The van der Waals surface area contributed by atoms with Gasteiger partial charge in [-0.05, 0) is 4.92 Å². The van der Waals surface area contributed by atoms with Crippen LogP contribution in [-0.2, 0) is 16.3 Å². The van der Waals surface area contributed by atoms with Gasteiger partial charge in [-0.25, -0.2) is 18.4 Å². The van der Waals surface area contributed by atoms with Crippen LogP contribution >= 0.6 is 0 Å². The third-order valence-corrected chi connectivity index (χ3v) is 3.85. The number of aromatic amines is 1. The fraction of sp³-hybridized carbons (Fsp3) is 0.625. The van der Waals surface area contributed by atoms with E-state index in [1.165, 1.54) is 0 Å². The van der Waals surface area contributed by atoms with Gasteiger partial charge in [0.25, 0.3) is 0 Å². The number of aryl methyl sites for hydroxylation is 2. The lowest BCUT2D eigenvalue weighted by molar-refractivity contribution is -0.390. The molecule has 0 bridgehead atoms. The first-order chi connectivity index (χ1) is 7.35. The minimum absolute atomic E-state index is 0.0319. The second kappa shape index (κ2) is 4.60. The largest absolute Gasteiger partial charge is 0.358 e. The van der Waals surface area contributed by atoms with Crippen molar-refractivity contribution in [2.45, 2.75) is 20.3 Å². The standard InChI is InChI=1S/C8H13N3O4S/c1-3-16(14,15)5-4-7-8(11(12)13)10-6(2)9-7/h3-5H2,1-2H3,(H,9,10). The molecule has 0 amide bonds. The highest BCUT2D eigenvalue weighted by Crippen LogP contribution is 2.15. The number of rotatable bonds is 5. The summed E-state index contributed by atoms with van der Waals surface area (Å²) in [5.41, 5.74) is 0.194. The van der Waals surface area contributed by atoms with E-state index >= 15 is 0 Å². The van der Waals surface area contributed by atoms with Gasteiger partial charge in [0.1, 0.15) is 15.5 Å². The number of sulfone groups is 1. The number of hydrogen-bond acceptors (Lipinski definition) is 5. The summed E-state index contributed by atoms with van der Waals surface area (Å²) in [6.45, 7) is 3.13. The molecule has 0 spiro atoms. The lowest BCUT2D eigenvalue weighted by Crippen LogP contribution is -2.11. The normalized spacial score (nSPS) is 11.6. The molecule has 0 fully saturated rings. The molecular formula is C8H13N3O4S. The number of nitrogens with one attached hydrogen (secondary N) is 1. The monoisotopic (exact) mass is 247 g/mol. The number of nitro groups is 1. The number of hydrogen-bond donors (Lipinski definition) is 1. The second-order valence-electron chi connectivity index (χ2n) is 3.36. The van der Waals surface area contributed by atoms with Crippen LogP contribution in [-0.4, -0.2) is 34.8 Å². The summed E-state index contributed by atoms with van der Waals surface area (Å²) < 4.78 is 22.5. The molecule has 90 valence electrons. The van der Waals surface area contributed by atoms with Crippen molar-refractivity contribution in [3.63, 3.8) is 0 Å². The topological polar surface area (TPSA) is 106 Å². The van der Waals surface area contributed by atoms with Crippen LogP contribution in [0.3, 0.4) is 0 Å². The van der Waals surface area contributed by atoms with Crippen LogP contribution in [0.1, 0.15) is 18.4 Å². The molecule has 0 atom stereocenters. The second-order valence-corrected chi connectivity index (χ2v) is 5.83. The zero-order valence-electron chi connectivity index (χ0n) is 9.06. The van der Waals surface area contributed by atoms with Crippen LogP contribution in [0.5, 0.6) is 0 Å². The summed E-state index contributed by atoms with van der Waals surface area (Å²) in [6, 6.07) is 0. The molecule has 0 aliphatic heterocycles. The molecule has 0 saturated heterocycles. The maximum absolute atomic E-state index is 11.3. The molecule has 0 saturated carbocycles. The third-order valence-electron chi connectivity index (χ3n) is 2.15. The molecule has 0 aliphatic carbocycles. The van der Waals surface area contributed by atoms with E-state index in [0.29, 0.717) is 5.82 Å². The van der Waals surface area contributed by atoms with Gasteiger partial charge < -0.3 is 10.1 Å². The Morgan fingerprint density at radius 3 is 2.62 bits per heavy atom. The quantitative estimate of drug-likeness (QED) is 0.605. The van der Waals surface area contributed by atoms with Crippen molar-refractivity contribution in [1.82, 2.24) is 9.97 Å². The van der Waals surface area contributed by atoms with Gasteiger partial charge in [0.2, 0.25) is 0 Å². The van der Waals surface area contributed by atoms with Gasteiger partial charge in [-0.3, -0.25) is 0 Å². The number of imidazole rings is 1. The van der Waals surface area contributed by atoms with E-state index in [4.69, 9.17) is 0 Å². The highest BCUT2D eigenvalue weighted by Gasteiger charge is 2.19. The minimum Gasteiger partial charge on any atom is -0.358 e. The molecule has 0 aliphatic rings. The minimum atomic E-state index is -3.13. The molecule has 1 aromatic rings. The number of nitrogens with zero attached hydrogens (tertiary/aromatic N) is 2. The smallest absolute Gasteiger partial charge is 0.343 e. The van der Waals surface area contributed by atoms with E-state index in [-0.39, 0.29) is 29.4 Å². The Bertz CT molecular complexity index is 491. The van der Waals surface area contributed by atoms with Gasteiger partial charge >= 0.3 is 5.82 Å². The van der Waals surface area contributed by atoms with Gasteiger partial charge in [0.15, 0.2) is 5.82 Å². The Balaban J connectivity index is 2.86. The molecule has 0 radical (unpaired) electrons. The van der Waals surface area contributed by atoms with Crippen molar-refractivity contribution >= 4 is 15.7 Å². The van der Waals surface area contributed by atoms with Crippen molar-refractivity contribution < 1.29 is 13.3 Å². The van der Waals surface area contributed by atoms with E-state index in [9.17, 15) is 18.5 Å². The van der Waals surface area contributed by atoms with E-state index in [1.807, 2.05) is 0 Å². The summed E-state index contributed by atoms with van der Waals surface area (Å²) in [5, 5.41) is 10.6. The van der Waals surface area contributed by atoms with Crippen LogP contribution in [0.15, 0.2) is 0 Å². The van der Waals surface area contributed by atoms with E-state index in [0.717, 1.165) is 0 Å². The Morgan fingerprint density at radius 2 is 2.12 bits per heavy atom. The lowest BCUT2D eigenvalue weighted by atomic mass is 10.3. The Kier molecular flexibility index (Phi) is 3.63. The van der Waals surface area contributed by atoms with Crippen LogP contribution in [0.25, 0.3) is 0 Å². The maximum Gasteiger partial charge on any atom is 0.343 e. The summed E-state index contributed by atoms with van der Waals surface area (Å²) in [5.74, 6) is 0.109. The van der Waals surface area contributed by atoms with Crippen molar-refractivity contribution in [3.8, 4) is 0 Å². The molecule has 8 heteroatoms. The van der Waals surface area contributed by atoms with Crippen molar-refractivity contribution in [3.05, 3.63) is 21.6 Å². The molecule has 0 aromatic carbocycles. The Morgan fingerprint density at radius 1 is 1.50 bits per heavy atom. The van der Waals surface area contributed by atoms with Gasteiger partial charge in [0, 0.05) is 19.1 Å². The first-order valence-electron chi connectivity index (χ1n) is 4.76. The summed E-state index contributed by atoms with van der Waals surface area (Å²) in [7, 11) is -3.13. The predicted molar refractivity (Wildman–Crippen MR) is 58.0 cm³/mol. The van der Waals surface area contributed by atoms with Gasteiger partial charge in [-0.2, -0.15) is 0 Å². The van der Waals surface area contributed by atoms with E-state index in [1.54, 1.807) is 13.8 Å². The van der Waals surface area contributed by atoms with Crippen LogP contribution < -0.4 is 0 Å². The molecule has 0 unspecified atom stereocenters. The first kappa shape index (κ1) is 12.6. The fourth-order valence-corrected chi connectivity index (χ4v) is 2.04. The summed E-state index contributed by atoms with van der Waals surface area (Å²) in [4.78, 5) is 16.4. The average Bonchev–Trinajstić information content (AvgIpc) is 2.57. The lowest BCUT2D eigenvalue weighted by Gasteiger charge is -1.98. The molecule has 16 heavy (non-hydrogen) atoms. The van der Waals surface area contributed by atoms with Gasteiger partial charge in [0.05, 0.1) is 5.75 Å². The highest BCUT2D eigenvalue weighted by atomic mass is 32.2. The summed E-state index contributed by atoms with van der Waals surface area (Å²) in [6.07, 6.45) is 0.0663. The Labute approximate surface area is 93.0 Å². The van der Waals surface area contributed by atoms with Gasteiger partial charge in [-0.1, -0.05) is 6.92 Å². The van der Waals surface area contributed by atoms with Crippen molar-refractivity contribution in [1.29, 1.82) is 0 Å². The predicted octanol–water partition coefficient (Wildman–Crippen LogP) is 0.604.